The first-order chi connectivity index (χ1) is 9.41. The highest BCUT2D eigenvalue weighted by Crippen LogP contribution is 2.36. The predicted octanol–water partition coefficient (Wildman–Crippen LogP) is 6.10. The molecule has 0 aliphatic rings. The van der Waals surface area contributed by atoms with Crippen LogP contribution >= 0.6 is 34.8 Å². The number of anilines is 1. The SMILES string of the molecule is CC(Nc1cccc(F)c1F)c1ccc(Cl)c(Cl)c1Cl. The maximum Gasteiger partial charge on any atom is 0.181 e. The van der Waals surface area contributed by atoms with Crippen LogP contribution in [0.15, 0.2) is 30.3 Å². The van der Waals surface area contributed by atoms with E-state index in [4.69, 9.17) is 34.8 Å². The summed E-state index contributed by atoms with van der Waals surface area (Å²) in [6.07, 6.45) is 0. The van der Waals surface area contributed by atoms with Crippen LogP contribution in [-0.2, 0) is 0 Å². The number of benzene rings is 2. The van der Waals surface area contributed by atoms with Crippen LogP contribution in [0, 0.1) is 11.6 Å². The smallest absolute Gasteiger partial charge is 0.181 e. The van der Waals surface area contributed by atoms with E-state index in [1.807, 2.05) is 0 Å². The fourth-order valence-electron chi connectivity index (χ4n) is 1.80. The van der Waals surface area contributed by atoms with Crippen LogP contribution < -0.4 is 5.32 Å². The normalized spacial score (nSPS) is 12.3. The number of hydrogen-bond donors (Lipinski definition) is 1. The molecule has 20 heavy (non-hydrogen) atoms. The van der Waals surface area contributed by atoms with Crippen molar-refractivity contribution in [2.45, 2.75) is 13.0 Å². The van der Waals surface area contributed by atoms with Gasteiger partial charge in [0.1, 0.15) is 0 Å². The topological polar surface area (TPSA) is 12.0 Å². The summed E-state index contributed by atoms with van der Waals surface area (Å²) in [6, 6.07) is 6.84. The maximum absolute atomic E-state index is 13.6. The zero-order valence-electron chi connectivity index (χ0n) is 10.4. The van der Waals surface area contributed by atoms with E-state index in [2.05, 4.69) is 5.32 Å². The Morgan fingerprint density at radius 1 is 1.00 bits per heavy atom. The van der Waals surface area contributed by atoms with Crippen molar-refractivity contribution >= 4 is 40.5 Å². The van der Waals surface area contributed by atoms with Gasteiger partial charge in [0.2, 0.25) is 0 Å². The molecule has 1 atom stereocenters. The van der Waals surface area contributed by atoms with Gasteiger partial charge in [-0.3, -0.25) is 0 Å². The summed E-state index contributed by atoms with van der Waals surface area (Å²) in [7, 11) is 0. The number of rotatable bonds is 3. The van der Waals surface area contributed by atoms with Crippen molar-refractivity contribution in [2.24, 2.45) is 0 Å². The van der Waals surface area contributed by atoms with E-state index < -0.39 is 11.6 Å². The van der Waals surface area contributed by atoms with Crippen LogP contribution in [0.5, 0.6) is 0 Å². The van der Waals surface area contributed by atoms with Crippen LogP contribution in [0.2, 0.25) is 15.1 Å². The summed E-state index contributed by atoms with van der Waals surface area (Å²) in [5.74, 6) is -1.85. The molecule has 0 bridgehead atoms. The molecule has 2 rings (SSSR count). The predicted molar refractivity (Wildman–Crippen MR) is 79.9 cm³/mol. The molecule has 0 heterocycles. The minimum absolute atomic E-state index is 0.0552. The molecule has 2 aromatic rings. The Kier molecular flexibility index (Phi) is 4.74. The molecule has 0 amide bonds. The Balaban J connectivity index is 2.31. The fraction of sp³-hybridized carbons (Fsp3) is 0.143. The molecule has 0 aliphatic heterocycles. The minimum atomic E-state index is -0.935. The molecule has 6 heteroatoms. The highest BCUT2D eigenvalue weighted by atomic mass is 35.5. The van der Waals surface area contributed by atoms with Gasteiger partial charge in [-0.05, 0) is 30.7 Å². The van der Waals surface area contributed by atoms with Gasteiger partial charge < -0.3 is 5.32 Å². The van der Waals surface area contributed by atoms with E-state index in [0.29, 0.717) is 10.6 Å². The number of halogens is 5. The van der Waals surface area contributed by atoms with Crippen molar-refractivity contribution in [1.29, 1.82) is 0 Å². The van der Waals surface area contributed by atoms with E-state index >= 15 is 0 Å². The summed E-state index contributed by atoms with van der Waals surface area (Å²) >= 11 is 17.9. The minimum Gasteiger partial charge on any atom is -0.376 e. The van der Waals surface area contributed by atoms with Gasteiger partial charge in [0.25, 0.3) is 0 Å². The third kappa shape index (κ3) is 3.00. The lowest BCUT2D eigenvalue weighted by molar-refractivity contribution is 0.510. The Hall–Kier alpha value is -1.03. The van der Waals surface area contributed by atoms with E-state index in [1.165, 1.54) is 12.1 Å². The molecular weight excluding hydrogens is 327 g/mol. The van der Waals surface area contributed by atoms with Crippen LogP contribution in [-0.4, -0.2) is 0 Å². The molecule has 0 spiro atoms. The standard InChI is InChI=1S/C14H10Cl3F2N/c1-7(8-5-6-9(15)13(17)12(8)16)20-11-4-2-3-10(18)14(11)19/h2-7,20H,1H3. The Labute approximate surface area is 130 Å². The lowest BCUT2D eigenvalue weighted by Crippen LogP contribution is -2.09. The van der Waals surface area contributed by atoms with Crippen LogP contribution in [0.1, 0.15) is 18.5 Å². The van der Waals surface area contributed by atoms with Crippen molar-refractivity contribution in [2.75, 3.05) is 5.32 Å². The summed E-state index contributed by atoms with van der Waals surface area (Å²) < 4.78 is 26.8. The second-order valence-corrected chi connectivity index (χ2v) is 5.40. The Morgan fingerprint density at radius 3 is 2.40 bits per heavy atom. The van der Waals surface area contributed by atoms with Crippen molar-refractivity contribution in [1.82, 2.24) is 0 Å². The molecule has 1 nitrogen and oxygen atoms in total. The van der Waals surface area contributed by atoms with E-state index in [0.717, 1.165) is 6.07 Å². The zero-order chi connectivity index (χ0) is 14.9. The largest absolute Gasteiger partial charge is 0.376 e. The van der Waals surface area contributed by atoms with Gasteiger partial charge >= 0.3 is 0 Å². The van der Waals surface area contributed by atoms with Crippen molar-refractivity contribution in [3.8, 4) is 0 Å². The summed E-state index contributed by atoms with van der Waals surface area (Å²) in [5.41, 5.74) is 0.698. The molecule has 0 aliphatic carbocycles. The summed E-state index contributed by atoms with van der Waals surface area (Å²) in [5, 5.41) is 3.71. The second-order valence-electron chi connectivity index (χ2n) is 4.23. The maximum atomic E-state index is 13.6. The molecule has 0 fully saturated rings. The first kappa shape index (κ1) is 15.4. The molecular formula is C14H10Cl3F2N. The summed E-state index contributed by atoms with van der Waals surface area (Å²) in [6.45, 7) is 1.76. The molecule has 1 unspecified atom stereocenters. The van der Waals surface area contributed by atoms with Crippen LogP contribution in [0.4, 0.5) is 14.5 Å². The molecule has 0 saturated heterocycles. The number of hydrogen-bond acceptors (Lipinski definition) is 1. The van der Waals surface area contributed by atoms with Gasteiger partial charge in [-0.25, -0.2) is 8.78 Å². The Bertz CT molecular complexity index is 647. The van der Waals surface area contributed by atoms with E-state index in [1.54, 1.807) is 19.1 Å². The fourth-order valence-corrected chi connectivity index (χ4v) is 2.51. The first-order valence-corrected chi connectivity index (χ1v) is 6.89. The first-order valence-electron chi connectivity index (χ1n) is 5.75. The lowest BCUT2D eigenvalue weighted by atomic mass is 10.1. The van der Waals surface area contributed by atoms with Crippen LogP contribution in [0.25, 0.3) is 0 Å². The monoisotopic (exact) mass is 335 g/mol. The Morgan fingerprint density at radius 2 is 1.70 bits per heavy atom. The molecule has 1 N–H and O–H groups in total. The third-order valence-corrected chi connectivity index (χ3v) is 4.16. The van der Waals surface area contributed by atoms with Crippen molar-refractivity contribution < 1.29 is 8.78 Å². The number of nitrogens with one attached hydrogen (secondary N) is 1. The average molecular weight is 337 g/mol. The average Bonchev–Trinajstić information content (AvgIpc) is 2.41. The van der Waals surface area contributed by atoms with Crippen LogP contribution in [0.3, 0.4) is 0 Å². The van der Waals surface area contributed by atoms with E-state index in [-0.39, 0.29) is 21.8 Å². The van der Waals surface area contributed by atoms with Crippen molar-refractivity contribution in [3.63, 3.8) is 0 Å². The highest BCUT2D eigenvalue weighted by molar-refractivity contribution is 6.48. The summed E-state index contributed by atoms with van der Waals surface area (Å²) in [4.78, 5) is 0. The molecule has 0 radical (unpaired) electrons. The van der Waals surface area contributed by atoms with Gasteiger partial charge in [0.15, 0.2) is 11.6 Å². The lowest BCUT2D eigenvalue weighted by Gasteiger charge is -2.18. The highest BCUT2D eigenvalue weighted by Gasteiger charge is 2.16. The van der Waals surface area contributed by atoms with Gasteiger partial charge in [0, 0.05) is 0 Å². The van der Waals surface area contributed by atoms with Gasteiger partial charge in [-0.15, -0.1) is 0 Å². The molecule has 2 aromatic carbocycles. The second kappa shape index (κ2) is 6.17. The zero-order valence-corrected chi connectivity index (χ0v) is 12.6. The third-order valence-electron chi connectivity index (χ3n) is 2.86. The van der Waals surface area contributed by atoms with Gasteiger partial charge in [0.05, 0.1) is 26.8 Å². The van der Waals surface area contributed by atoms with Gasteiger partial charge in [-0.1, -0.05) is 46.9 Å². The van der Waals surface area contributed by atoms with Crippen molar-refractivity contribution in [3.05, 3.63) is 62.6 Å². The van der Waals surface area contributed by atoms with Gasteiger partial charge in [-0.2, -0.15) is 0 Å². The molecule has 0 saturated carbocycles. The molecule has 106 valence electrons. The van der Waals surface area contributed by atoms with E-state index in [9.17, 15) is 8.78 Å². The quantitative estimate of drug-likeness (QED) is 0.668. The molecule has 0 aromatic heterocycles.